The lowest BCUT2D eigenvalue weighted by Gasteiger charge is -2.16. The van der Waals surface area contributed by atoms with E-state index >= 15 is 0 Å². The number of fused-ring (bicyclic) bond motifs is 1. The fraction of sp³-hybridized carbons (Fsp3) is 0.120. The summed E-state index contributed by atoms with van der Waals surface area (Å²) in [4.78, 5) is 41.8. The maximum atomic E-state index is 12.6. The monoisotopic (exact) mass is 426 g/mol. The second kappa shape index (κ2) is 9.26. The molecule has 4 aromatic rings. The molecular weight excluding hydrogens is 404 g/mol. The van der Waals surface area contributed by atoms with Crippen LogP contribution < -0.4 is 16.2 Å². The van der Waals surface area contributed by atoms with Crippen molar-refractivity contribution in [2.75, 3.05) is 5.32 Å². The van der Waals surface area contributed by atoms with Crippen LogP contribution >= 0.6 is 0 Å². The van der Waals surface area contributed by atoms with Crippen molar-refractivity contribution < 1.29 is 9.59 Å². The van der Waals surface area contributed by atoms with Crippen molar-refractivity contribution in [1.82, 2.24) is 14.9 Å². The fourth-order valence-electron chi connectivity index (χ4n) is 3.42. The zero-order valence-corrected chi connectivity index (χ0v) is 17.5. The molecule has 32 heavy (non-hydrogen) atoms. The predicted molar refractivity (Wildman–Crippen MR) is 123 cm³/mol. The number of benzene rings is 3. The molecule has 0 aliphatic carbocycles. The van der Waals surface area contributed by atoms with Gasteiger partial charge < -0.3 is 10.6 Å². The van der Waals surface area contributed by atoms with E-state index < -0.39 is 0 Å². The summed E-state index contributed by atoms with van der Waals surface area (Å²) >= 11 is 0. The number of hydrogen-bond donors (Lipinski definition) is 2. The van der Waals surface area contributed by atoms with E-state index in [1.165, 1.54) is 10.9 Å². The molecule has 0 unspecified atom stereocenters. The third-order valence-corrected chi connectivity index (χ3v) is 5.10. The quantitative estimate of drug-likeness (QED) is 0.493. The van der Waals surface area contributed by atoms with Crippen LogP contribution in [0.3, 0.4) is 0 Å². The highest BCUT2D eigenvalue weighted by Gasteiger charge is 2.13. The Morgan fingerprint density at radius 3 is 2.53 bits per heavy atom. The van der Waals surface area contributed by atoms with Crippen molar-refractivity contribution in [1.29, 1.82) is 0 Å². The van der Waals surface area contributed by atoms with Crippen LogP contribution in [0.25, 0.3) is 10.9 Å². The summed E-state index contributed by atoms with van der Waals surface area (Å²) < 4.78 is 1.29. The average molecular weight is 426 g/mol. The normalized spacial score (nSPS) is 11.7. The minimum atomic E-state index is -0.319. The van der Waals surface area contributed by atoms with Gasteiger partial charge in [0.2, 0.25) is 5.91 Å². The van der Waals surface area contributed by atoms with E-state index in [1.807, 2.05) is 37.3 Å². The topological polar surface area (TPSA) is 93.1 Å². The Hall–Kier alpha value is -4.26. The molecular formula is C25H22N4O3. The highest BCUT2D eigenvalue weighted by molar-refractivity contribution is 6.04. The first kappa shape index (κ1) is 21.0. The molecule has 4 rings (SSSR count). The van der Waals surface area contributed by atoms with Crippen LogP contribution in [0.2, 0.25) is 0 Å². The molecule has 0 aliphatic rings. The molecule has 1 heterocycles. The van der Waals surface area contributed by atoms with Gasteiger partial charge in [0.25, 0.3) is 11.5 Å². The second-order valence-electron chi connectivity index (χ2n) is 7.43. The molecule has 160 valence electrons. The van der Waals surface area contributed by atoms with Crippen LogP contribution in [0.4, 0.5) is 5.69 Å². The van der Waals surface area contributed by atoms with E-state index in [-0.39, 0.29) is 30.0 Å². The summed E-state index contributed by atoms with van der Waals surface area (Å²) in [5, 5.41) is 6.23. The number of anilines is 1. The molecule has 1 aromatic heterocycles. The van der Waals surface area contributed by atoms with Crippen molar-refractivity contribution in [2.45, 2.75) is 19.5 Å². The Bertz CT molecular complexity index is 1330. The van der Waals surface area contributed by atoms with Crippen molar-refractivity contribution in [3.05, 3.63) is 107 Å². The lowest BCUT2D eigenvalue weighted by atomic mass is 10.1. The van der Waals surface area contributed by atoms with Gasteiger partial charge in [0.1, 0.15) is 6.54 Å². The molecule has 0 saturated heterocycles. The van der Waals surface area contributed by atoms with E-state index in [9.17, 15) is 14.4 Å². The number of rotatable bonds is 6. The van der Waals surface area contributed by atoms with Gasteiger partial charge in [-0.2, -0.15) is 0 Å². The number of amides is 2. The molecule has 0 saturated carbocycles. The number of para-hydroxylation sites is 1. The second-order valence-corrected chi connectivity index (χ2v) is 7.43. The van der Waals surface area contributed by atoms with Gasteiger partial charge in [0.05, 0.1) is 23.3 Å². The van der Waals surface area contributed by atoms with Gasteiger partial charge in [-0.15, -0.1) is 0 Å². The van der Waals surface area contributed by atoms with Gasteiger partial charge in [-0.05, 0) is 48.9 Å². The minimum Gasteiger partial charge on any atom is -0.348 e. The summed E-state index contributed by atoms with van der Waals surface area (Å²) in [6.07, 6.45) is 1.38. The maximum absolute atomic E-state index is 12.6. The van der Waals surface area contributed by atoms with Crippen molar-refractivity contribution in [3.8, 4) is 0 Å². The zero-order chi connectivity index (χ0) is 22.5. The Labute approximate surface area is 184 Å². The van der Waals surface area contributed by atoms with Gasteiger partial charge in [-0.1, -0.05) is 42.5 Å². The molecule has 0 fully saturated rings. The lowest BCUT2D eigenvalue weighted by molar-refractivity contribution is -0.122. The van der Waals surface area contributed by atoms with E-state index in [2.05, 4.69) is 15.6 Å². The van der Waals surface area contributed by atoms with Crippen molar-refractivity contribution in [3.63, 3.8) is 0 Å². The van der Waals surface area contributed by atoms with Crippen LogP contribution in [0.5, 0.6) is 0 Å². The van der Waals surface area contributed by atoms with Gasteiger partial charge in [0.15, 0.2) is 0 Å². The fourth-order valence-corrected chi connectivity index (χ4v) is 3.42. The number of hydrogen-bond acceptors (Lipinski definition) is 4. The van der Waals surface area contributed by atoms with Crippen molar-refractivity contribution in [2.24, 2.45) is 0 Å². The van der Waals surface area contributed by atoms with Crippen LogP contribution in [0.1, 0.15) is 28.9 Å². The van der Waals surface area contributed by atoms with Gasteiger partial charge >= 0.3 is 0 Å². The van der Waals surface area contributed by atoms with Crippen LogP contribution in [0, 0.1) is 0 Å². The lowest BCUT2D eigenvalue weighted by Crippen LogP contribution is -2.34. The Balaban J connectivity index is 1.43. The van der Waals surface area contributed by atoms with Gasteiger partial charge in [-0.3, -0.25) is 19.0 Å². The van der Waals surface area contributed by atoms with Crippen molar-refractivity contribution >= 4 is 28.4 Å². The molecule has 0 spiro atoms. The Kier molecular flexibility index (Phi) is 6.07. The molecule has 7 nitrogen and oxygen atoms in total. The summed E-state index contributed by atoms with van der Waals surface area (Å²) in [6.45, 7) is 1.71. The number of aromatic nitrogens is 2. The third kappa shape index (κ3) is 4.73. The predicted octanol–water partition coefficient (Wildman–Crippen LogP) is 3.53. The molecule has 1 atom stereocenters. The molecule has 0 bridgehead atoms. The molecule has 0 radical (unpaired) electrons. The highest BCUT2D eigenvalue weighted by Crippen LogP contribution is 2.18. The molecule has 2 amide bonds. The first-order chi connectivity index (χ1) is 15.5. The summed E-state index contributed by atoms with van der Waals surface area (Å²) in [6, 6.07) is 22.9. The Morgan fingerprint density at radius 2 is 1.72 bits per heavy atom. The highest BCUT2D eigenvalue weighted by atomic mass is 16.2. The summed E-state index contributed by atoms with van der Waals surface area (Å²) in [5.74, 6) is -0.516. The SMILES string of the molecule is C[C@@H](NC(=O)Cn1cnc2ccccc2c1=O)c1cccc(NC(=O)c2ccccc2)c1. The molecule has 2 N–H and O–H groups in total. The third-order valence-electron chi connectivity index (χ3n) is 5.10. The van der Waals surface area contributed by atoms with Crippen LogP contribution in [0.15, 0.2) is 90.0 Å². The van der Waals surface area contributed by atoms with Gasteiger partial charge in [-0.25, -0.2) is 4.98 Å². The zero-order valence-electron chi connectivity index (χ0n) is 17.5. The molecule has 7 heteroatoms. The smallest absolute Gasteiger partial charge is 0.261 e. The molecule has 3 aromatic carbocycles. The number of nitrogens with zero attached hydrogens (tertiary/aromatic N) is 2. The van der Waals surface area contributed by atoms with E-state index in [0.717, 1.165) is 5.56 Å². The van der Waals surface area contributed by atoms with Crippen LogP contribution in [-0.2, 0) is 11.3 Å². The van der Waals surface area contributed by atoms with E-state index in [0.29, 0.717) is 22.2 Å². The first-order valence-electron chi connectivity index (χ1n) is 10.2. The first-order valence-corrected chi connectivity index (χ1v) is 10.2. The average Bonchev–Trinajstić information content (AvgIpc) is 2.82. The number of nitrogens with one attached hydrogen (secondary N) is 2. The maximum Gasteiger partial charge on any atom is 0.261 e. The molecule has 0 aliphatic heterocycles. The Morgan fingerprint density at radius 1 is 0.969 bits per heavy atom. The standard InChI is InChI=1S/C25H22N4O3/c1-17(19-10-7-11-20(14-19)28-24(31)18-8-3-2-4-9-18)27-23(30)15-29-16-26-22-13-6-5-12-21(22)25(29)32/h2-14,16-17H,15H2,1H3,(H,27,30)(H,28,31)/t17-/m1/s1. The summed E-state index contributed by atoms with van der Waals surface area (Å²) in [7, 11) is 0. The minimum absolute atomic E-state index is 0.133. The van der Waals surface area contributed by atoms with Gasteiger partial charge in [0, 0.05) is 11.3 Å². The number of carbonyl (C=O) groups excluding carboxylic acids is 2. The largest absolute Gasteiger partial charge is 0.348 e. The number of carbonyl (C=O) groups is 2. The van der Waals surface area contributed by atoms with E-state index in [4.69, 9.17) is 0 Å². The summed E-state index contributed by atoms with van der Waals surface area (Å²) in [5.41, 5.74) is 2.36. The van der Waals surface area contributed by atoms with Crippen LogP contribution in [-0.4, -0.2) is 21.4 Å². The van der Waals surface area contributed by atoms with E-state index in [1.54, 1.807) is 48.5 Å².